The number of rotatable bonds is 6. The Kier molecular flexibility index (Phi) is 7.18. The van der Waals surface area contributed by atoms with E-state index in [-0.39, 0.29) is 23.8 Å². The number of nitrogens with zero attached hydrogens (tertiary/aromatic N) is 6. The van der Waals surface area contributed by atoms with Crippen molar-refractivity contribution in [2.45, 2.75) is 32.7 Å². The minimum Gasteiger partial charge on any atom is -0.378 e. The molecule has 3 aromatic rings. The molecule has 4 heterocycles. The van der Waals surface area contributed by atoms with E-state index in [1.807, 2.05) is 53.9 Å². The van der Waals surface area contributed by atoms with Crippen LogP contribution >= 0.6 is 0 Å². The third-order valence-corrected chi connectivity index (χ3v) is 6.96. The Morgan fingerprint density at radius 1 is 1.08 bits per heavy atom. The van der Waals surface area contributed by atoms with Crippen LogP contribution in [0.25, 0.3) is 22.4 Å². The summed E-state index contributed by atoms with van der Waals surface area (Å²) >= 11 is 0. The molecule has 0 radical (unpaired) electrons. The zero-order valence-corrected chi connectivity index (χ0v) is 21.4. The van der Waals surface area contributed by atoms with Crippen molar-refractivity contribution < 1.29 is 14.3 Å². The van der Waals surface area contributed by atoms with Crippen molar-refractivity contribution in [3.63, 3.8) is 0 Å². The average molecular weight is 504 g/mol. The van der Waals surface area contributed by atoms with Crippen LogP contribution in [0.4, 0.5) is 11.5 Å². The summed E-state index contributed by atoms with van der Waals surface area (Å²) in [4.78, 5) is 38.2. The number of likely N-dealkylation sites (tertiary alicyclic amines) is 1. The SMILES string of the molecule is C=CC(=O)Nc1ccc(-c2nc(N3CCOCC3)c3cnn(C4CCN(C(=O)C(C)C)CC4)c3n2)cc1. The molecule has 1 N–H and O–H groups in total. The molecule has 0 aliphatic carbocycles. The van der Waals surface area contributed by atoms with Gasteiger partial charge in [-0.25, -0.2) is 14.6 Å². The monoisotopic (exact) mass is 503 g/mol. The molecule has 2 aliphatic rings. The van der Waals surface area contributed by atoms with Crippen LogP contribution in [0, 0.1) is 5.92 Å². The van der Waals surface area contributed by atoms with E-state index in [0.717, 1.165) is 61.4 Å². The van der Waals surface area contributed by atoms with E-state index >= 15 is 0 Å². The molecule has 194 valence electrons. The van der Waals surface area contributed by atoms with E-state index < -0.39 is 0 Å². The highest BCUT2D eigenvalue weighted by molar-refractivity contribution is 5.99. The van der Waals surface area contributed by atoms with Gasteiger partial charge in [-0.05, 0) is 43.2 Å². The molecule has 0 spiro atoms. The minimum atomic E-state index is -0.259. The predicted octanol–water partition coefficient (Wildman–Crippen LogP) is 3.27. The van der Waals surface area contributed by atoms with Crippen LogP contribution in [0.3, 0.4) is 0 Å². The van der Waals surface area contributed by atoms with Crippen LogP contribution in [-0.4, -0.2) is 75.9 Å². The lowest BCUT2D eigenvalue weighted by molar-refractivity contribution is -0.135. The van der Waals surface area contributed by atoms with E-state index in [1.165, 1.54) is 6.08 Å². The lowest BCUT2D eigenvalue weighted by Crippen LogP contribution is -2.41. The number of fused-ring (bicyclic) bond motifs is 1. The summed E-state index contributed by atoms with van der Waals surface area (Å²) in [5, 5.41) is 8.45. The van der Waals surface area contributed by atoms with Gasteiger partial charge in [-0.2, -0.15) is 5.10 Å². The Hall–Kier alpha value is -3.79. The molecular weight excluding hydrogens is 470 g/mol. The van der Waals surface area contributed by atoms with Crippen LogP contribution in [0.5, 0.6) is 0 Å². The summed E-state index contributed by atoms with van der Waals surface area (Å²) in [6.45, 7) is 11.6. The number of piperidine rings is 1. The van der Waals surface area contributed by atoms with Crippen molar-refractivity contribution in [2.75, 3.05) is 49.6 Å². The first-order valence-corrected chi connectivity index (χ1v) is 12.8. The van der Waals surface area contributed by atoms with Gasteiger partial charge in [0.1, 0.15) is 5.82 Å². The summed E-state index contributed by atoms with van der Waals surface area (Å²) in [5.74, 6) is 1.40. The number of amides is 2. The second-order valence-electron chi connectivity index (χ2n) is 9.78. The maximum Gasteiger partial charge on any atom is 0.247 e. The molecule has 37 heavy (non-hydrogen) atoms. The Morgan fingerprint density at radius 2 is 1.78 bits per heavy atom. The van der Waals surface area contributed by atoms with Gasteiger partial charge in [0.05, 0.1) is 30.8 Å². The van der Waals surface area contributed by atoms with Gasteiger partial charge in [0.2, 0.25) is 11.8 Å². The highest BCUT2D eigenvalue weighted by Gasteiger charge is 2.28. The first-order chi connectivity index (χ1) is 17.9. The summed E-state index contributed by atoms with van der Waals surface area (Å²) in [6.07, 6.45) is 4.77. The summed E-state index contributed by atoms with van der Waals surface area (Å²) in [6, 6.07) is 7.62. The van der Waals surface area contributed by atoms with Gasteiger partial charge in [-0.15, -0.1) is 0 Å². The van der Waals surface area contributed by atoms with E-state index in [2.05, 4.69) is 16.8 Å². The lowest BCUT2D eigenvalue weighted by Gasteiger charge is -2.33. The van der Waals surface area contributed by atoms with Gasteiger partial charge in [-0.1, -0.05) is 20.4 Å². The number of carbonyl (C=O) groups excluding carboxylic acids is 2. The van der Waals surface area contributed by atoms with Crippen molar-refractivity contribution in [3.8, 4) is 11.4 Å². The van der Waals surface area contributed by atoms with Gasteiger partial charge < -0.3 is 19.9 Å². The summed E-state index contributed by atoms with van der Waals surface area (Å²) in [5.41, 5.74) is 2.32. The van der Waals surface area contributed by atoms with E-state index in [1.54, 1.807) is 0 Å². The Labute approximate surface area is 216 Å². The predicted molar refractivity (Wildman–Crippen MR) is 142 cm³/mol. The van der Waals surface area contributed by atoms with E-state index in [0.29, 0.717) is 24.7 Å². The van der Waals surface area contributed by atoms with Crippen molar-refractivity contribution in [1.29, 1.82) is 0 Å². The second kappa shape index (κ2) is 10.7. The zero-order valence-electron chi connectivity index (χ0n) is 21.4. The molecule has 10 heteroatoms. The smallest absolute Gasteiger partial charge is 0.247 e. The van der Waals surface area contributed by atoms with Crippen LogP contribution < -0.4 is 10.2 Å². The molecule has 2 saturated heterocycles. The van der Waals surface area contributed by atoms with Crippen molar-refractivity contribution in [3.05, 3.63) is 43.1 Å². The molecular formula is C27H33N7O3. The molecule has 5 rings (SSSR count). The maximum absolute atomic E-state index is 12.5. The molecule has 0 unspecified atom stereocenters. The summed E-state index contributed by atoms with van der Waals surface area (Å²) in [7, 11) is 0. The fourth-order valence-corrected chi connectivity index (χ4v) is 4.92. The average Bonchev–Trinajstić information content (AvgIpc) is 3.37. The van der Waals surface area contributed by atoms with Crippen LogP contribution in [-0.2, 0) is 14.3 Å². The lowest BCUT2D eigenvalue weighted by atomic mass is 10.0. The molecule has 2 fully saturated rings. The Morgan fingerprint density at radius 3 is 2.43 bits per heavy atom. The summed E-state index contributed by atoms with van der Waals surface area (Å²) < 4.78 is 7.58. The van der Waals surface area contributed by atoms with Crippen molar-refractivity contribution >= 4 is 34.4 Å². The molecule has 0 saturated carbocycles. The van der Waals surface area contributed by atoms with E-state index in [4.69, 9.17) is 19.8 Å². The third kappa shape index (κ3) is 5.20. The standard InChI is InChI=1S/C27H33N7O3/c1-4-23(35)29-20-7-5-19(6-8-20)24-30-25(32-13-15-37-16-14-32)22-17-28-34(26(22)31-24)21-9-11-33(12-10-21)27(36)18(2)3/h4-8,17-18,21H,1,9-16H2,2-3H3,(H,29,35). The van der Waals surface area contributed by atoms with Crippen LogP contribution in [0.1, 0.15) is 32.7 Å². The molecule has 1 aromatic carbocycles. The molecule has 2 aromatic heterocycles. The number of aromatic nitrogens is 4. The number of hydrogen-bond acceptors (Lipinski definition) is 7. The highest BCUT2D eigenvalue weighted by Crippen LogP contribution is 2.32. The maximum atomic E-state index is 12.5. The van der Waals surface area contributed by atoms with Crippen molar-refractivity contribution in [1.82, 2.24) is 24.6 Å². The topological polar surface area (TPSA) is 105 Å². The van der Waals surface area contributed by atoms with Gasteiger partial charge in [0.15, 0.2) is 11.5 Å². The third-order valence-electron chi connectivity index (χ3n) is 6.96. The Bertz CT molecular complexity index is 1290. The Balaban J connectivity index is 1.49. The number of anilines is 2. The normalized spacial score (nSPS) is 16.8. The fraction of sp³-hybridized carbons (Fsp3) is 0.444. The van der Waals surface area contributed by atoms with Gasteiger partial charge in [0.25, 0.3) is 0 Å². The number of ether oxygens (including phenoxy) is 1. The van der Waals surface area contributed by atoms with Crippen LogP contribution in [0.15, 0.2) is 43.1 Å². The fourth-order valence-electron chi connectivity index (χ4n) is 4.92. The van der Waals surface area contributed by atoms with E-state index in [9.17, 15) is 9.59 Å². The largest absolute Gasteiger partial charge is 0.378 e. The first-order valence-electron chi connectivity index (χ1n) is 12.8. The van der Waals surface area contributed by atoms with Crippen molar-refractivity contribution in [2.24, 2.45) is 5.92 Å². The first kappa shape index (κ1) is 24.9. The molecule has 10 nitrogen and oxygen atoms in total. The van der Waals surface area contributed by atoms with Gasteiger partial charge in [-0.3, -0.25) is 9.59 Å². The van der Waals surface area contributed by atoms with Gasteiger partial charge in [0, 0.05) is 43.3 Å². The second-order valence-corrected chi connectivity index (χ2v) is 9.78. The zero-order chi connectivity index (χ0) is 25.9. The molecule has 0 bridgehead atoms. The number of hydrogen-bond donors (Lipinski definition) is 1. The number of nitrogens with one attached hydrogen (secondary N) is 1. The van der Waals surface area contributed by atoms with Crippen LogP contribution in [0.2, 0.25) is 0 Å². The highest BCUT2D eigenvalue weighted by atomic mass is 16.5. The number of benzene rings is 1. The molecule has 0 atom stereocenters. The number of carbonyl (C=O) groups is 2. The quantitative estimate of drug-likeness (QED) is 0.515. The minimum absolute atomic E-state index is 0.00458. The van der Waals surface area contributed by atoms with Gasteiger partial charge >= 0.3 is 0 Å². The number of morpholine rings is 1. The molecule has 2 aliphatic heterocycles. The molecule has 2 amide bonds.